The topological polar surface area (TPSA) is 59.8 Å². The zero-order valence-corrected chi connectivity index (χ0v) is 15.7. The predicted molar refractivity (Wildman–Crippen MR) is 102 cm³/mol. The normalized spacial score (nSPS) is 10.7. The molecule has 0 atom stereocenters. The molecule has 1 amide bonds. The highest BCUT2D eigenvalue weighted by atomic mass is 32.2. The van der Waals surface area contributed by atoms with Crippen LogP contribution in [0.2, 0.25) is 0 Å². The van der Waals surface area contributed by atoms with E-state index in [1.165, 1.54) is 35.7 Å². The fourth-order valence-corrected chi connectivity index (χ4v) is 3.71. The number of carbonyl (C=O) groups is 1. The Morgan fingerprint density at radius 3 is 2.46 bits per heavy atom. The van der Waals surface area contributed by atoms with Crippen molar-refractivity contribution in [3.05, 3.63) is 60.7 Å². The molecule has 0 spiro atoms. The summed E-state index contributed by atoms with van der Waals surface area (Å²) < 4.78 is 14.7. The van der Waals surface area contributed by atoms with Gasteiger partial charge in [0.1, 0.15) is 12.1 Å². The van der Waals surface area contributed by atoms with Crippen molar-refractivity contribution >= 4 is 35.1 Å². The molecule has 3 rings (SSSR count). The van der Waals surface area contributed by atoms with Gasteiger partial charge in [0.05, 0.1) is 0 Å². The maximum Gasteiger partial charge on any atom is 0.225 e. The molecule has 0 bridgehead atoms. The number of nitrogens with zero attached hydrogens (tertiary/aromatic N) is 3. The van der Waals surface area contributed by atoms with E-state index in [1.807, 2.05) is 35.9 Å². The van der Waals surface area contributed by atoms with Crippen molar-refractivity contribution in [1.82, 2.24) is 14.8 Å². The number of thioether (sulfide) groups is 1. The monoisotopic (exact) mass is 388 g/mol. The summed E-state index contributed by atoms with van der Waals surface area (Å²) in [5.74, 6) is 0.332. The average molecular weight is 388 g/mol. The number of hydrogen-bond donors (Lipinski definition) is 1. The van der Waals surface area contributed by atoms with Crippen molar-refractivity contribution in [3.8, 4) is 0 Å². The van der Waals surface area contributed by atoms with Crippen LogP contribution in [-0.2, 0) is 11.8 Å². The number of nitrogens with one attached hydrogen (secondary N) is 1. The summed E-state index contributed by atoms with van der Waals surface area (Å²) in [6.45, 7) is 0. The van der Waals surface area contributed by atoms with Crippen LogP contribution in [0.25, 0.3) is 0 Å². The Labute approximate surface area is 159 Å². The third-order valence-electron chi connectivity index (χ3n) is 3.43. The van der Waals surface area contributed by atoms with Gasteiger partial charge in [-0.1, -0.05) is 0 Å². The van der Waals surface area contributed by atoms with Gasteiger partial charge in [-0.15, -0.1) is 22.0 Å². The van der Waals surface area contributed by atoms with Crippen LogP contribution >= 0.6 is 23.5 Å². The molecule has 1 aromatic heterocycles. The highest BCUT2D eigenvalue weighted by Crippen LogP contribution is 2.26. The first-order valence-electron chi connectivity index (χ1n) is 7.90. The molecule has 134 valence electrons. The number of benzene rings is 2. The third-order valence-corrected chi connectivity index (χ3v) is 5.50. The lowest BCUT2D eigenvalue weighted by Crippen LogP contribution is -2.12. The first-order chi connectivity index (χ1) is 12.6. The SMILES string of the molecule is Cn1cnnc1Sc1ccc(NC(=O)CCSc2ccc(F)cc2)cc1. The molecule has 0 saturated heterocycles. The third kappa shape index (κ3) is 5.34. The molecule has 0 fully saturated rings. The minimum Gasteiger partial charge on any atom is -0.326 e. The Hall–Kier alpha value is -2.32. The molecule has 26 heavy (non-hydrogen) atoms. The van der Waals surface area contributed by atoms with E-state index in [0.29, 0.717) is 12.2 Å². The highest BCUT2D eigenvalue weighted by Gasteiger charge is 2.06. The van der Waals surface area contributed by atoms with Gasteiger partial charge in [-0.05, 0) is 60.3 Å². The van der Waals surface area contributed by atoms with Gasteiger partial charge in [0.15, 0.2) is 5.16 Å². The van der Waals surface area contributed by atoms with E-state index in [4.69, 9.17) is 0 Å². The van der Waals surface area contributed by atoms with E-state index in [1.54, 1.807) is 18.5 Å². The van der Waals surface area contributed by atoms with Crippen molar-refractivity contribution in [3.63, 3.8) is 0 Å². The number of hydrogen-bond acceptors (Lipinski definition) is 5. The zero-order chi connectivity index (χ0) is 18.4. The van der Waals surface area contributed by atoms with Crippen molar-refractivity contribution in [2.75, 3.05) is 11.1 Å². The summed E-state index contributed by atoms with van der Waals surface area (Å²) in [6.07, 6.45) is 2.04. The van der Waals surface area contributed by atoms with Crippen molar-refractivity contribution < 1.29 is 9.18 Å². The van der Waals surface area contributed by atoms with Gasteiger partial charge in [-0.2, -0.15) is 0 Å². The van der Waals surface area contributed by atoms with E-state index in [0.717, 1.165) is 20.6 Å². The van der Waals surface area contributed by atoms with Crippen LogP contribution in [-0.4, -0.2) is 26.4 Å². The maximum absolute atomic E-state index is 12.9. The standard InChI is InChI=1S/C18H17FN4OS2/c1-23-12-20-22-18(23)26-16-8-4-14(5-9-16)21-17(24)10-11-25-15-6-2-13(19)3-7-15/h2-9,12H,10-11H2,1H3,(H,21,24). The fraction of sp³-hybridized carbons (Fsp3) is 0.167. The minimum atomic E-state index is -0.257. The quantitative estimate of drug-likeness (QED) is 0.614. The van der Waals surface area contributed by atoms with Gasteiger partial charge in [0.25, 0.3) is 0 Å². The second-order valence-electron chi connectivity index (χ2n) is 5.45. The molecular formula is C18H17FN4OS2. The molecule has 3 aromatic rings. The predicted octanol–water partition coefficient (Wildman–Crippen LogP) is 4.23. The van der Waals surface area contributed by atoms with Gasteiger partial charge >= 0.3 is 0 Å². The number of anilines is 1. The lowest BCUT2D eigenvalue weighted by Gasteiger charge is -2.06. The Balaban J connectivity index is 1.45. The molecule has 2 aromatic carbocycles. The molecule has 1 N–H and O–H groups in total. The zero-order valence-electron chi connectivity index (χ0n) is 14.1. The van der Waals surface area contributed by atoms with E-state index in [2.05, 4.69) is 15.5 Å². The van der Waals surface area contributed by atoms with Crippen LogP contribution in [0.4, 0.5) is 10.1 Å². The number of carbonyl (C=O) groups excluding carboxylic acids is 1. The Morgan fingerprint density at radius 1 is 1.12 bits per heavy atom. The van der Waals surface area contributed by atoms with Crippen molar-refractivity contribution in [2.45, 2.75) is 21.4 Å². The smallest absolute Gasteiger partial charge is 0.225 e. The Bertz CT molecular complexity index is 866. The number of aromatic nitrogens is 3. The average Bonchev–Trinajstić information content (AvgIpc) is 3.03. The van der Waals surface area contributed by atoms with E-state index in [9.17, 15) is 9.18 Å². The van der Waals surface area contributed by atoms with Gasteiger partial charge < -0.3 is 9.88 Å². The van der Waals surface area contributed by atoms with Crippen LogP contribution in [0.1, 0.15) is 6.42 Å². The summed E-state index contributed by atoms with van der Waals surface area (Å²) in [4.78, 5) is 14.0. The Morgan fingerprint density at radius 2 is 1.81 bits per heavy atom. The molecule has 0 aliphatic heterocycles. The van der Waals surface area contributed by atoms with Crippen LogP contribution in [0.5, 0.6) is 0 Å². The first kappa shape index (κ1) is 18.5. The summed E-state index contributed by atoms with van der Waals surface area (Å²) in [7, 11) is 1.89. The second-order valence-corrected chi connectivity index (χ2v) is 7.66. The van der Waals surface area contributed by atoms with Crippen molar-refractivity contribution in [1.29, 1.82) is 0 Å². The van der Waals surface area contributed by atoms with E-state index < -0.39 is 0 Å². The number of halogens is 1. The summed E-state index contributed by atoms with van der Waals surface area (Å²) in [5, 5.41) is 11.6. The molecular weight excluding hydrogens is 371 g/mol. The summed E-state index contributed by atoms with van der Waals surface area (Å²) >= 11 is 3.04. The van der Waals surface area contributed by atoms with Crippen LogP contribution < -0.4 is 5.32 Å². The molecule has 0 saturated carbocycles. The van der Waals surface area contributed by atoms with E-state index in [-0.39, 0.29) is 11.7 Å². The maximum atomic E-state index is 12.9. The molecule has 1 heterocycles. The van der Waals surface area contributed by atoms with Gasteiger partial charge in [-0.3, -0.25) is 4.79 Å². The molecule has 8 heteroatoms. The fourth-order valence-electron chi connectivity index (χ4n) is 2.09. The lowest BCUT2D eigenvalue weighted by atomic mass is 10.3. The van der Waals surface area contributed by atoms with Gasteiger partial charge in [-0.25, -0.2) is 4.39 Å². The number of amides is 1. The highest BCUT2D eigenvalue weighted by molar-refractivity contribution is 7.99. The summed E-state index contributed by atoms with van der Waals surface area (Å²) in [5.41, 5.74) is 0.754. The molecule has 0 radical (unpaired) electrons. The molecule has 0 aliphatic rings. The second kappa shape index (κ2) is 8.86. The molecule has 0 aliphatic carbocycles. The van der Waals surface area contributed by atoms with Gasteiger partial charge in [0, 0.05) is 34.7 Å². The first-order valence-corrected chi connectivity index (χ1v) is 9.70. The lowest BCUT2D eigenvalue weighted by molar-refractivity contribution is -0.115. The van der Waals surface area contributed by atoms with Crippen LogP contribution in [0.15, 0.2) is 69.8 Å². The Kier molecular flexibility index (Phi) is 6.30. The van der Waals surface area contributed by atoms with Crippen molar-refractivity contribution in [2.24, 2.45) is 7.05 Å². The molecule has 5 nitrogen and oxygen atoms in total. The minimum absolute atomic E-state index is 0.0479. The van der Waals surface area contributed by atoms with Gasteiger partial charge in [0.2, 0.25) is 5.91 Å². The van der Waals surface area contributed by atoms with E-state index >= 15 is 0 Å². The largest absolute Gasteiger partial charge is 0.326 e. The van der Waals surface area contributed by atoms with Crippen LogP contribution in [0.3, 0.4) is 0 Å². The molecule has 0 unspecified atom stereocenters. The number of aryl methyl sites for hydroxylation is 1. The van der Waals surface area contributed by atoms with Crippen LogP contribution in [0, 0.1) is 5.82 Å². The summed E-state index contributed by atoms with van der Waals surface area (Å²) in [6, 6.07) is 13.9. The number of rotatable bonds is 7.